The number of piperidine rings is 1. The first-order valence-corrected chi connectivity index (χ1v) is 9.12. The van der Waals surface area contributed by atoms with Crippen molar-refractivity contribution < 1.29 is 23.9 Å². The number of fused-ring (bicyclic) bond motifs is 1. The van der Waals surface area contributed by atoms with Crippen LogP contribution in [-0.4, -0.2) is 27.4 Å². The number of rotatable bonds is 4. The molecule has 0 radical (unpaired) electrons. The average Bonchev–Trinajstić information content (AvgIpc) is 3.02. The number of benzene rings is 2. The summed E-state index contributed by atoms with van der Waals surface area (Å²) < 4.78 is 14.4. The van der Waals surface area contributed by atoms with E-state index in [0.717, 1.165) is 5.56 Å². The Morgan fingerprint density at radius 1 is 1.21 bits per heavy atom. The zero-order valence-electron chi connectivity index (χ0n) is 15.3. The molecule has 0 spiro atoms. The SMILES string of the molecule is O=C1CCC(n2cc3cc(CNC(=O)c4ccc(F)cc4)ccc3c2O)C(=O)N1. The van der Waals surface area contributed by atoms with E-state index in [-0.39, 0.29) is 30.7 Å². The van der Waals surface area contributed by atoms with Gasteiger partial charge in [0, 0.05) is 35.5 Å². The summed E-state index contributed by atoms with van der Waals surface area (Å²) in [6.07, 6.45) is 2.20. The van der Waals surface area contributed by atoms with E-state index in [1.165, 1.54) is 28.8 Å². The standard InChI is InChI=1S/C21H18FN3O4/c22-15-4-2-13(3-5-15)19(27)23-10-12-1-6-16-14(9-12)11-25(21(16)29)17-7-8-18(26)24-20(17)28/h1-6,9,11,17,29H,7-8,10H2,(H,23,27)(H,24,26,28). The molecule has 1 atom stereocenters. The van der Waals surface area contributed by atoms with E-state index < -0.39 is 17.8 Å². The second-order valence-electron chi connectivity index (χ2n) is 6.94. The molecule has 0 aliphatic carbocycles. The number of imide groups is 1. The Labute approximate surface area is 165 Å². The third-order valence-electron chi connectivity index (χ3n) is 4.98. The quantitative estimate of drug-likeness (QED) is 0.591. The number of hydrogen-bond donors (Lipinski definition) is 3. The second kappa shape index (κ2) is 7.38. The van der Waals surface area contributed by atoms with E-state index in [1.54, 1.807) is 18.3 Å². The highest BCUT2D eigenvalue weighted by Crippen LogP contribution is 2.33. The zero-order valence-corrected chi connectivity index (χ0v) is 15.3. The monoisotopic (exact) mass is 395 g/mol. The van der Waals surface area contributed by atoms with Crippen LogP contribution in [0.15, 0.2) is 48.7 Å². The summed E-state index contributed by atoms with van der Waals surface area (Å²) in [5.41, 5.74) is 1.16. The molecule has 1 saturated heterocycles. The van der Waals surface area contributed by atoms with E-state index in [2.05, 4.69) is 10.6 Å². The highest BCUT2D eigenvalue weighted by Gasteiger charge is 2.30. The molecule has 4 rings (SSSR count). The van der Waals surface area contributed by atoms with Crippen molar-refractivity contribution in [2.24, 2.45) is 0 Å². The number of aromatic nitrogens is 1. The van der Waals surface area contributed by atoms with E-state index in [0.29, 0.717) is 22.8 Å². The van der Waals surface area contributed by atoms with Crippen molar-refractivity contribution in [3.05, 3.63) is 65.6 Å². The van der Waals surface area contributed by atoms with Crippen LogP contribution in [0.3, 0.4) is 0 Å². The summed E-state index contributed by atoms with van der Waals surface area (Å²) in [6, 6.07) is 9.90. The highest BCUT2D eigenvalue weighted by molar-refractivity contribution is 6.00. The predicted octanol–water partition coefficient (Wildman–Crippen LogP) is 2.39. The maximum Gasteiger partial charge on any atom is 0.251 e. The van der Waals surface area contributed by atoms with Gasteiger partial charge in [-0.2, -0.15) is 0 Å². The van der Waals surface area contributed by atoms with Crippen molar-refractivity contribution in [3.8, 4) is 5.88 Å². The molecule has 8 heteroatoms. The first kappa shape index (κ1) is 18.7. The van der Waals surface area contributed by atoms with Gasteiger partial charge < -0.3 is 15.0 Å². The summed E-state index contributed by atoms with van der Waals surface area (Å²) in [4.78, 5) is 35.6. The van der Waals surface area contributed by atoms with Gasteiger partial charge in [0.05, 0.1) is 0 Å². The fourth-order valence-corrected chi connectivity index (χ4v) is 3.45. The minimum atomic E-state index is -0.651. The number of carbonyl (C=O) groups is 3. The van der Waals surface area contributed by atoms with Gasteiger partial charge >= 0.3 is 0 Å². The molecule has 1 aromatic heterocycles. The van der Waals surface area contributed by atoms with Crippen LogP contribution in [0.1, 0.15) is 34.8 Å². The number of amides is 3. The molecule has 3 N–H and O–H groups in total. The van der Waals surface area contributed by atoms with E-state index >= 15 is 0 Å². The first-order valence-electron chi connectivity index (χ1n) is 9.12. The van der Waals surface area contributed by atoms with E-state index in [1.807, 2.05) is 6.07 Å². The van der Waals surface area contributed by atoms with Gasteiger partial charge in [-0.1, -0.05) is 6.07 Å². The Bertz CT molecular complexity index is 1120. The Hall–Kier alpha value is -3.68. The van der Waals surface area contributed by atoms with Crippen molar-refractivity contribution >= 4 is 28.5 Å². The van der Waals surface area contributed by atoms with Crippen LogP contribution >= 0.6 is 0 Å². The third kappa shape index (κ3) is 3.69. The highest BCUT2D eigenvalue weighted by atomic mass is 19.1. The number of nitrogens with one attached hydrogen (secondary N) is 2. The van der Waals surface area contributed by atoms with Gasteiger partial charge in [0.15, 0.2) is 5.88 Å². The second-order valence-corrected chi connectivity index (χ2v) is 6.94. The van der Waals surface area contributed by atoms with Crippen LogP contribution in [0.2, 0.25) is 0 Å². The van der Waals surface area contributed by atoms with E-state index in [9.17, 15) is 23.9 Å². The fraction of sp³-hybridized carbons (Fsp3) is 0.190. The number of halogens is 1. The van der Waals surface area contributed by atoms with Gasteiger partial charge in [-0.3, -0.25) is 19.7 Å². The van der Waals surface area contributed by atoms with Crippen LogP contribution in [0, 0.1) is 5.82 Å². The van der Waals surface area contributed by atoms with Crippen molar-refractivity contribution in [1.82, 2.24) is 15.2 Å². The predicted molar refractivity (Wildman–Crippen MR) is 103 cm³/mol. The summed E-state index contributed by atoms with van der Waals surface area (Å²) in [6.45, 7) is 0.247. The Balaban J connectivity index is 1.52. The van der Waals surface area contributed by atoms with Gasteiger partial charge in [0.2, 0.25) is 11.8 Å². The third-order valence-corrected chi connectivity index (χ3v) is 4.98. The van der Waals surface area contributed by atoms with E-state index in [4.69, 9.17) is 0 Å². The Kier molecular flexibility index (Phi) is 4.75. The average molecular weight is 395 g/mol. The molecule has 7 nitrogen and oxygen atoms in total. The molecule has 1 fully saturated rings. The smallest absolute Gasteiger partial charge is 0.251 e. The zero-order chi connectivity index (χ0) is 20.5. The van der Waals surface area contributed by atoms with Gasteiger partial charge in [-0.15, -0.1) is 0 Å². The lowest BCUT2D eigenvalue weighted by molar-refractivity contribution is -0.135. The number of aromatic hydroxyl groups is 1. The Morgan fingerprint density at radius 3 is 2.69 bits per heavy atom. The van der Waals surface area contributed by atoms with Crippen molar-refractivity contribution in [2.75, 3.05) is 0 Å². The molecule has 1 unspecified atom stereocenters. The molecule has 2 aromatic carbocycles. The summed E-state index contributed by atoms with van der Waals surface area (Å²) >= 11 is 0. The molecule has 3 aromatic rings. The lowest BCUT2D eigenvalue weighted by Gasteiger charge is -2.22. The lowest BCUT2D eigenvalue weighted by Crippen LogP contribution is -2.41. The topological polar surface area (TPSA) is 100 Å². The van der Waals surface area contributed by atoms with Crippen molar-refractivity contribution in [3.63, 3.8) is 0 Å². The molecule has 148 valence electrons. The van der Waals surface area contributed by atoms with Gasteiger partial charge in [-0.05, 0) is 48.4 Å². The first-order chi connectivity index (χ1) is 13.9. The normalized spacial score (nSPS) is 16.7. The molecule has 2 heterocycles. The number of nitrogens with zero attached hydrogens (tertiary/aromatic N) is 1. The van der Waals surface area contributed by atoms with Crippen LogP contribution in [0.4, 0.5) is 4.39 Å². The molecular formula is C21H18FN3O4. The Morgan fingerprint density at radius 2 is 1.97 bits per heavy atom. The minimum absolute atomic E-state index is 0.0450. The van der Waals surface area contributed by atoms with Crippen LogP contribution in [-0.2, 0) is 16.1 Å². The van der Waals surface area contributed by atoms with Crippen LogP contribution < -0.4 is 10.6 Å². The largest absolute Gasteiger partial charge is 0.494 e. The van der Waals surface area contributed by atoms with Gasteiger partial charge in [0.25, 0.3) is 5.91 Å². The number of carbonyl (C=O) groups excluding carboxylic acids is 3. The molecule has 1 aliphatic heterocycles. The van der Waals surface area contributed by atoms with Crippen molar-refractivity contribution in [1.29, 1.82) is 0 Å². The molecule has 29 heavy (non-hydrogen) atoms. The molecule has 0 saturated carbocycles. The minimum Gasteiger partial charge on any atom is -0.494 e. The molecule has 1 aliphatic rings. The summed E-state index contributed by atoms with van der Waals surface area (Å²) in [5.74, 6) is -1.54. The van der Waals surface area contributed by atoms with Gasteiger partial charge in [-0.25, -0.2) is 4.39 Å². The lowest BCUT2D eigenvalue weighted by atomic mass is 10.1. The van der Waals surface area contributed by atoms with Crippen LogP contribution in [0.5, 0.6) is 5.88 Å². The van der Waals surface area contributed by atoms with Gasteiger partial charge in [0.1, 0.15) is 11.9 Å². The number of hydrogen-bond acceptors (Lipinski definition) is 4. The van der Waals surface area contributed by atoms with Crippen LogP contribution in [0.25, 0.3) is 10.8 Å². The summed E-state index contributed by atoms with van der Waals surface area (Å²) in [7, 11) is 0. The molecular weight excluding hydrogens is 377 g/mol. The molecule has 3 amide bonds. The summed E-state index contributed by atoms with van der Waals surface area (Å²) in [5, 5.41) is 16.8. The fourth-order valence-electron chi connectivity index (χ4n) is 3.45. The molecule has 0 bridgehead atoms. The maximum absolute atomic E-state index is 13.0. The van der Waals surface area contributed by atoms with Crippen molar-refractivity contribution in [2.45, 2.75) is 25.4 Å². The maximum atomic E-state index is 13.0.